The lowest BCUT2D eigenvalue weighted by Crippen LogP contribution is -2.23. The molecule has 7 nitrogen and oxygen atoms in total. The fourth-order valence-corrected chi connectivity index (χ4v) is 8.03. The lowest BCUT2D eigenvalue weighted by Gasteiger charge is -2.17. The predicted octanol–water partition coefficient (Wildman–Crippen LogP) is 6.16. The van der Waals surface area contributed by atoms with Crippen molar-refractivity contribution in [1.29, 1.82) is 0 Å². The molecule has 5 rings (SSSR count). The van der Waals surface area contributed by atoms with E-state index in [2.05, 4.69) is 12.2 Å². The Hall–Kier alpha value is -2.95. The van der Waals surface area contributed by atoms with Crippen molar-refractivity contribution in [2.75, 3.05) is 17.7 Å². The standard InChI is InChI=1S/C28H29N3O4S3/c1-5-35-27(34)22-16(3)17(4)37-24(22)29-21(32)14-36-28-30-25-23(19-12-11-15(2)13-20(19)38-25)26(33)31(28)18-9-7-6-8-10-18/h6-10,15H,5,11-14H2,1-4H3,(H,29,32). The van der Waals surface area contributed by atoms with Gasteiger partial charge in [0.05, 0.1) is 29.0 Å². The van der Waals surface area contributed by atoms with Crippen LogP contribution in [0.5, 0.6) is 0 Å². The third-order valence-electron chi connectivity index (χ3n) is 6.76. The van der Waals surface area contributed by atoms with Crippen LogP contribution in [0.1, 0.15) is 51.5 Å². The first kappa shape index (κ1) is 26.6. The lowest BCUT2D eigenvalue weighted by molar-refractivity contribution is -0.113. The summed E-state index contributed by atoms with van der Waals surface area (Å²) in [5, 5.41) is 4.54. The minimum atomic E-state index is -0.446. The number of anilines is 1. The van der Waals surface area contributed by atoms with Crippen molar-refractivity contribution in [2.45, 2.75) is 52.1 Å². The molecule has 3 aromatic heterocycles. The maximum atomic E-state index is 13.9. The van der Waals surface area contributed by atoms with E-state index in [1.54, 1.807) is 22.8 Å². The molecule has 1 aliphatic carbocycles. The molecule has 198 valence electrons. The van der Waals surface area contributed by atoms with Crippen LogP contribution in [0.2, 0.25) is 0 Å². The Bertz CT molecular complexity index is 1590. The van der Waals surface area contributed by atoms with Crippen LogP contribution in [-0.4, -0.2) is 33.8 Å². The molecule has 10 heteroatoms. The number of fused-ring (bicyclic) bond motifs is 3. The van der Waals surface area contributed by atoms with Crippen LogP contribution in [0.25, 0.3) is 15.9 Å². The van der Waals surface area contributed by atoms with Gasteiger partial charge < -0.3 is 10.1 Å². The number of thioether (sulfide) groups is 1. The molecule has 1 aliphatic rings. The number of hydrogen-bond donors (Lipinski definition) is 1. The average Bonchev–Trinajstić information content (AvgIpc) is 3.38. The van der Waals surface area contributed by atoms with Crippen molar-refractivity contribution in [1.82, 2.24) is 9.55 Å². The molecule has 1 unspecified atom stereocenters. The highest BCUT2D eigenvalue weighted by Gasteiger charge is 2.26. The molecule has 0 saturated carbocycles. The van der Waals surface area contributed by atoms with Gasteiger partial charge in [-0.3, -0.25) is 14.2 Å². The number of nitrogens with one attached hydrogen (secondary N) is 1. The van der Waals surface area contributed by atoms with Crippen LogP contribution >= 0.6 is 34.4 Å². The van der Waals surface area contributed by atoms with E-state index in [0.29, 0.717) is 32.7 Å². The van der Waals surface area contributed by atoms with E-state index >= 15 is 0 Å². The third-order valence-corrected chi connectivity index (χ3v) is 9.97. The monoisotopic (exact) mass is 567 g/mol. The molecule has 38 heavy (non-hydrogen) atoms. The number of aromatic nitrogens is 2. The number of carbonyl (C=O) groups is 2. The lowest BCUT2D eigenvalue weighted by atomic mass is 9.89. The molecule has 0 aliphatic heterocycles. The van der Waals surface area contributed by atoms with Gasteiger partial charge in [0.15, 0.2) is 5.16 Å². The van der Waals surface area contributed by atoms with Gasteiger partial charge in [-0.25, -0.2) is 9.78 Å². The second-order valence-electron chi connectivity index (χ2n) is 9.45. The molecule has 1 aromatic carbocycles. The number of benzene rings is 1. The number of ether oxygens (including phenoxy) is 1. The number of para-hydroxylation sites is 1. The molecule has 0 saturated heterocycles. The molecule has 1 atom stereocenters. The summed E-state index contributed by atoms with van der Waals surface area (Å²) >= 11 is 4.17. The topological polar surface area (TPSA) is 90.3 Å². The van der Waals surface area contributed by atoms with Crippen molar-refractivity contribution in [3.63, 3.8) is 0 Å². The Morgan fingerprint density at radius 2 is 1.97 bits per heavy atom. The van der Waals surface area contributed by atoms with Crippen LogP contribution in [0.3, 0.4) is 0 Å². The molecule has 3 heterocycles. The minimum absolute atomic E-state index is 0.0329. The van der Waals surface area contributed by atoms with Crippen molar-refractivity contribution in [2.24, 2.45) is 5.92 Å². The molecule has 0 fully saturated rings. The molecule has 1 amide bonds. The van der Waals surface area contributed by atoms with Gasteiger partial charge >= 0.3 is 5.97 Å². The minimum Gasteiger partial charge on any atom is -0.462 e. The van der Waals surface area contributed by atoms with Crippen molar-refractivity contribution in [3.8, 4) is 5.69 Å². The first-order chi connectivity index (χ1) is 18.3. The Balaban J connectivity index is 1.47. The summed E-state index contributed by atoms with van der Waals surface area (Å²) in [4.78, 5) is 47.3. The zero-order valence-corrected chi connectivity index (χ0v) is 24.2. The summed E-state index contributed by atoms with van der Waals surface area (Å²) < 4.78 is 6.82. The van der Waals surface area contributed by atoms with Crippen molar-refractivity contribution < 1.29 is 14.3 Å². The smallest absolute Gasteiger partial charge is 0.341 e. The van der Waals surface area contributed by atoms with Crippen molar-refractivity contribution in [3.05, 3.63) is 67.1 Å². The van der Waals surface area contributed by atoms with E-state index in [9.17, 15) is 14.4 Å². The number of thiophene rings is 2. The average molecular weight is 568 g/mol. The quantitative estimate of drug-likeness (QED) is 0.163. The maximum Gasteiger partial charge on any atom is 0.341 e. The summed E-state index contributed by atoms with van der Waals surface area (Å²) in [6.45, 7) is 8.01. The Morgan fingerprint density at radius 3 is 2.71 bits per heavy atom. The number of aryl methyl sites for hydroxylation is 2. The highest BCUT2D eigenvalue weighted by atomic mass is 32.2. The van der Waals surface area contributed by atoms with Crippen LogP contribution in [0.4, 0.5) is 5.00 Å². The van der Waals surface area contributed by atoms with Crippen LogP contribution in [0.15, 0.2) is 40.3 Å². The molecular formula is C28H29N3O4S3. The van der Waals surface area contributed by atoms with Gasteiger partial charge in [0, 0.05) is 9.75 Å². The molecule has 0 spiro atoms. The van der Waals surface area contributed by atoms with E-state index in [-0.39, 0.29) is 23.8 Å². The Kier molecular flexibility index (Phi) is 7.74. The van der Waals surface area contributed by atoms with Crippen LogP contribution in [0, 0.1) is 19.8 Å². The molecule has 0 radical (unpaired) electrons. The summed E-state index contributed by atoms with van der Waals surface area (Å²) in [6, 6.07) is 9.43. The second-order valence-corrected chi connectivity index (χ2v) is 12.7. The zero-order chi connectivity index (χ0) is 27.0. The van der Waals surface area contributed by atoms with Gasteiger partial charge in [-0.15, -0.1) is 22.7 Å². The molecular weight excluding hydrogens is 539 g/mol. The van der Waals surface area contributed by atoms with Crippen LogP contribution < -0.4 is 10.9 Å². The second kappa shape index (κ2) is 11.0. The molecule has 1 N–H and O–H groups in total. The van der Waals surface area contributed by atoms with E-state index < -0.39 is 5.97 Å². The van der Waals surface area contributed by atoms with Gasteiger partial charge in [0.25, 0.3) is 5.56 Å². The summed E-state index contributed by atoms with van der Waals surface area (Å²) in [6.07, 6.45) is 2.92. The van der Waals surface area contributed by atoms with Crippen LogP contribution in [-0.2, 0) is 22.4 Å². The Labute approximate surface area is 233 Å². The van der Waals surface area contributed by atoms with E-state index in [0.717, 1.165) is 40.1 Å². The van der Waals surface area contributed by atoms with Gasteiger partial charge in [0.2, 0.25) is 5.91 Å². The summed E-state index contributed by atoms with van der Waals surface area (Å²) in [5.74, 6) is -0.104. The third kappa shape index (κ3) is 5.04. The van der Waals surface area contributed by atoms with E-state index in [1.165, 1.54) is 28.0 Å². The fourth-order valence-electron chi connectivity index (χ4n) is 4.73. The SMILES string of the molecule is CCOC(=O)c1c(NC(=O)CSc2nc3sc4c(c3c(=O)n2-c2ccccc2)CCC(C)C4)sc(C)c1C. The largest absolute Gasteiger partial charge is 0.462 e. The van der Waals surface area contributed by atoms with E-state index in [4.69, 9.17) is 9.72 Å². The fraction of sp³-hybridized carbons (Fsp3) is 0.357. The van der Waals surface area contributed by atoms with Gasteiger partial charge in [-0.1, -0.05) is 36.9 Å². The normalized spacial score (nSPS) is 14.9. The molecule has 4 aromatic rings. The first-order valence-corrected chi connectivity index (χ1v) is 15.2. The number of amides is 1. The summed E-state index contributed by atoms with van der Waals surface area (Å²) in [7, 11) is 0. The van der Waals surface area contributed by atoms with Gasteiger partial charge in [-0.2, -0.15) is 0 Å². The summed E-state index contributed by atoms with van der Waals surface area (Å²) in [5.41, 5.74) is 2.96. The highest BCUT2D eigenvalue weighted by Crippen LogP contribution is 2.37. The van der Waals surface area contributed by atoms with Gasteiger partial charge in [-0.05, 0) is 69.2 Å². The molecule has 0 bridgehead atoms. The number of nitrogens with zero attached hydrogens (tertiary/aromatic N) is 2. The Morgan fingerprint density at radius 1 is 1.21 bits per heavy atom. The number of rotatable bonds is 7. The first-order valence-electron chi connectivity index (χ1n) is 12.6. The van der Waals surface area contributed by atoms with Crippen molar-refractivity contribution >= 4 is 61.5 Å². The number of esters is 1. The van der Waals surface area contributed by atoms with E-state index in [1.807, 2.05) is 44.2 Å². The maximum absolute atomic E-state index is 13.9. The number of carbonyl (C=O) groups excluding carboxylic acids is 2. The number of hydrogen-bond acceptors (Lipinski definition) is 8. The predicted molar refractivity (Wildman–Crippen MR) is 156 cm³/mol. The zero-order valence-electron chi connectivity index (χ0n) is 21.8. The highest BCUT2D eigenvalue weighted by molar-refractivity contribution is 7.99. The van der Waals surface area contributed by atoms with Gasteiger partial charge in [0.1, 0.15) is 9.83 Å².